The number of fused-ring (bicyclic) bond motifs is 2. The number of esters is 1. The van der Waals surface area contributed by atoms with Crippen molar-refractivity contribution in [2.45, 2.75) is 52.4 Å². The van der Waals surface area contributed by atoms with Gasteiger partial charge in [0, 0.05) is 13.0 Å². The highest BCUT2D eigenvalue weighted by Crippen LogP contribution is 2.31. The number of ether oxygens (including phenoxy) is 3. The number of aromatic nitrogens is 2. The van der Waals surface area contributed by atoms with Crippen molar-refractivity contribution in [2.75, 3.05) is 7.11 Å². The van der Waals surface area contributed by atoms with Gasteiger partial charge in [-0.15, -0.1) is 11.3 Å². The molecular weight excluding hydrogens is 442 g/mol. The Morgan fingerprint density at radius 3 is 2.81 bits per heavy atom. The van der Waals surface area contributed by atoms with Crippen molar-refractivity contribution in [2.24, 2.45) is 0 Å². The van der Waals surface area contributed by atoms with Gasteiger partial charge in [-0.2, -0.15) is 8.78 Å². The highest BCUT2D eigenvalue weighted by Gasteiger charge is 2.23. The molecule has 10 heteroatoms. The van der Waals surface area contributed by atoms with Crippen LogP contribution in [0.4, 0.5) is 8.78 Å². The number of hydrogen-bond acceptors (Lipinski definition) is 7. The lowest BCUT2D eigenvalue weighted by Crippen LogP contribution is -2.24. The van der Waals surface area contributed by atoms with Crippen LogP contribution >= 0.6 is 11.3 Å². The Balaban J connectivity index is 1.56. The first kappa shape index (κ1) is 22.2. The summed E-state index contributed by atoms with van der Waals surface area (Å²) in [7, 11) is 1.33. The van der Waals surface area contributed by atoms with Crippen LogP contribution in [0, 0.1) is 6.92 Å². The van der Waals surface area contributed by atoms with Crippen molar-refractivity contribution in [1.82, 2.24) is 9.55 Å². The van der Waals surface area contributed by atoms with Crippen LogP contribution < -0.4 is 15.0 Å². The zero-order chi connectivity index (χ0) is 22.8. The molecule has 0 radical (unpaired) electrons. The Morgan fingerprint density at radius 1 is 1.25 bits per heavy atom. The molecule has 1 aliphatic rings. The zero-order valence-corrected chi connectivity index (χ0v) is 18.5. The molecule has 0 saturated heterocycles. The van der Waals surface area contributed by atoms with E-state index < -0.39 is 12.6 Å². The predicted octanol–water partition coefficient (Wildman–Crippen LogP) is 4.46. The first-order chi connectivity index (χ1) is 15.4. The standard InChI is InChI=1S/C22H22F2N2O5S/c1-12-17-19(25-16-6-4-3-5-9-26(16)20(17)27)32-18(12)21(28)30-11-13-7-8-14(31-22(23)24)15(10-13)29-2/h7-8,10,22H,3-6,9,11H2,1-2H3. The van der Waals surface area contributed by atoms with Gasteiger partial charge >= 0.3 is 12.6 Å². The number of hydrogen-bond donors (Lipinski definition) is 0. The maximum absolute atomic E-state index is 13.0. The Morgan fingerprint density at radius 2 is 2.06 bits per heavy atom. The summed E-state index contributed by atoms with van der Waals surface area (Å²) < 4.78 is 41.6. The van der Waals surface area contributed by atoms with Gasteiger partial charge in [0.2, 0.25) is 0 Å². The average molecular weight is 464 g/mol. The van der Waals surface area contributed by atoms with E-state index in [1.54, 1.807) is 11.5 Å². The van der Waals surface area contributed by atoms with Crippen LogP contribution in [0.5, 0.6) is 11.5 Å². The van der Waals surface area contributed by atoms with Crippen LogP contribution in [-0.2, 0) is 24.3 Å². The number of carbonyl (C=O) groups is 1. The van der Waals surface area contributed by atoms with E-state index in [9.17, 15) is 18.4 Å². The van der Waals surface area contributed by atoms with E-state index in [4.69, 9.17) is 9.47 Å². The third kappa shape index (κ3) is 4.32. The molecule has 3 heterocycles. The molecule has 4 rings (SSSR count). The van der Waals surface area contributed by atoms with Gasteiger partial charge < -0.3 is 14.2 Å². The molecule has 0 atom stereocenters. The molecule has 2 aromatic heterocycles. The molecule has 0 saturated carbocycles. The largest absolute Gasteiger partial charge is 0.493 e. The fourth-order valence-electron chi connectivity index (χ4n) is 3.81. The molecule has 0 unspecified atom stereocenters. The van der Waals surface area contributed by atoms with Crippen LogP contribution in [0.15, 0.2) is 23.0 Å². The van der Waals surface area contributed by atoms with E-state index >= 15 is 0 Å². The quantitative estimate of drug-likeness (QED) is 0.501. The predicted molar refractivity (Wildman–Crippen MR) is 115 cm³/mol. The van der Waals surface area contributed by atoms with E-state index in [2.05, 4.69) is 9.72 Å². The summed E-state index contributed by atoms with van der Waals surface area (Å²) in [5, 5.41) is 0.461. The number of halogens is 2. The zero-order valence-electron chi connectivity index (χ0n) is 17.7. The van der Waals surface area contributed by atoms with Gasteiger partial charge in [0.05, 0.1) is 12.5 Å². The second kappa shape index (κ2) is 9.23. The number of thiophene rings is 1. The van der Waals surface area contributed by atoms with Crippen molar-refractivity contribution in [3.8, 4) is 11.5 Å². The van der Waals surface area contributed by atoms with Gasteiger partial charge in [0.1, 0.15) is 22.1 Å². The summed E-state index contributed by atoms with van der Waals surface area (Å²) in [4.78, 5) is 31.3. The van der Waals surface area contributed by atoms with Crippen molar-refractivity contribution in [3.05, 3.63) is 50.4 Å². The van der Waals surface area contributed by atoms with E-state index in [1.165, 1.54) is 25.3 Å². The van der Waals surface area contributed by atoms with Crippen LogP contribution in [0.1, 0.15) is 45.9 Å². The first-order valence-electron chi connectivity index (χ1n) is 10.2. The molecule has 1 aromatic carbocycles. The summed E-state index contributed by atoms with van der Waals surface area (Å²) in [6, 6.07) is 4.31. The third-order valence-corrected chi connectivity index (χ3v) is 6.58. The van der Waals surface area contributed by atoms with Gasteiger partial charge in [0.25, 0.3) is 5.56 Å². The summed E-state index contributed by atoms with van der Waals surface area (Å²) in [6.45, 7) is -0.710. The smallest absolute Gasteiger partial charge is 0.387 e. The lowest BCUT2D eigenvalue weighted by Gasteiger charge is -2.11. The Kier molecular flexibility index (Phi) is 6.40. The minimum absolute atomic E-state index is 0.0965. The van der Waals surface area contributed by atoms with E-state index in [0.29, 0.717) is 32.8 Å². The second-order valence-electron chi connectivity index (χ2n) is 7.47. The summed E-state index contributed by atoms with van der Waals surface area (Å²) in [5.74, 6) is 0.191. The van der Waals surface area contributed by atoms with Crippen LogP contribution in [0.3, 0.4) is 0 Å². The van der Waals surface area contributed by atoms with Gasteiger partial charge in [0.15, 0.2) is 11.5 Å². The molecule has 0 spiro atoms. The van der Waals surface area contributed by atoms with E-state index in [1.807, 2.05) is 0 Å². The minimum atomic E-state index is -2.98. The maximum Gasteiger partial charge on any atom is 0.387 e. The maximum atomic E-state index is 13.0. The number of rotatable bonds is 6. The number of nitrogens with zero attached hydrogens (tertiary/aromatic N) is 2. The van der Waals surface area contributed by atoms with Crippen molar-refractivity contribution < 1.29 is 27.8 Å². The van der Waals surface area contributed by atoms with Gasteiger partial charge in [-0.1, -0.05) is 12.5 Å². The highest BCUT2D eigenvalue weighted by atomic mass is 32.1. The number of alkyl halides is 2. The normalized spacial score (nSPS) is 13.7. The SMILES string of the molecule is COc1cc(COC(=O)c2sc3nc4n(c(=O)c3c2C)CCCCC4)ccc1OC(F)F. The first-order valence-corrected chi connectivity index (χ1v) is 11.0. The van der Waals surface area contributed by atoms with E-state index in [0.717, 1.165) is 42.8 Å². The Hall–Kier alpha value is -3.01. The summed E-state index contributed by atoms with van der Waals surface area (Å²) in [6.07, 6.45) is 3.73. The molecule has 0 N–H and O–H groups in total. The molecule has 0 bridgehead atoms. The van der Waals surface area contributed by atoms with Crippen molar-refractivity contribution >= 4 is 27.5 Å². The minimum Gasteiger partial charge on any atom is -0.493 e. The highest BCUT2D eigenvalue weighted by molar-refractivity contribution is 7.20. The average Bonchev–Trinajstić information content (AvgIpc) is 2.93. The van der Waals surface area contributed by atoms with Crippen LogP contribution in [-0.4, -0.2) is 29.2 Å². The molecular formula is C22H22F2N2O5S. The number of methoxy groups -OCH3 is 1. The lowest BCUT2D eigenvalue weighted by molar-refractivity contribution is -0.0512. The molecule has 3 aromatic rings. The van der Waals surface area contributed by atoms with Crippen molar-refractivity contribution in [1.29, 1.82) is 0 Å². The molecule has 32 heavy (non-hydrogen) atoms. The van der Waals surface area contributed by atoms with Crippen molar-refractivity contribution in [3.63, 3.8) is 0 Å². The molecule has 0 fully saturated rings. The lowest BCUT2D eigenvalue weighted by atomic mass is 10.2. The molecule has 0 amide bonds. The molecule has 0 aliphatic carbocycles. The van der Waals surface area contributed by atoms with Crippen LogP contribution in [0.25, 0.3) is 10.2 Å². The Labute approximate surface area is 186 Å². The summed E-state index contributed by atoms with van der Waals surface area (Å²) in [5.41, 5.74) is 0.991. The van der Waals surface area contributed by atoms with Gasteiger partial charge in [-0.25, -0.2) is 9.78 Å². The van der Waals surface area contributed by atoms with Gasteiger partial charge in [-0.05, 0) is 43.0 Å². The topological polar surface area (TPSA) is 79.7 Å². The fraction of sp³-hybridized carbons (Fsp3) is 0.409. The second-order valence-corrected chi connectivity index (χ2v) is 8.47. The molecule has 7 nitrogen and oxygen atoms in total. The van der Waals surface area contributed by atoms with Crippen LogP contribution in [0.2, 0.25) is 0 Å². The molecule has 170 valence electrons. The third-order valence-electron chi connectivity index (χ3n) is 5.41. The monoisotopic (exact) mass is 464 g/mol. The Bertz CT molecular complexity index is 1220. The molecule has 1 aliphatic heterocycles. The number of benzene rings is 1. The van der Waals surface area contributed by atoms with E-state index in [-0.39, 0.29) is 23.7 Å². The fourth-order valence-corrected chi connectivity index (χ4v) is 4.90. The van der Waals surface area contributed by atoms with Gasteiger partial charge in [-0.3, -0.25) is 9.36 Å². The summed E-state index contributed by atoms with van der Waals surface area (Å²) >= 11 is 1.15. The number of aryl methyl sites for hydroxylation is 2. The number of carbonyl (C=O) groups excluding carboxylic acids is 1.